The summed E-state index contributed by atoms with van der Waals surface area (Å²) >= 11 is 0. The van der Waals surface area contributed by atoms with Gasteiger partial charge in [-0.1, -0.05) is 0 Å². The second-order valence-corrected chi connectivity index (χ2v) is 5.46. The van der Waals surface area contributed by atoms with Gasteiger partial charge in [-0.15, -0.1) is 0 Å². The second-order valence-electron chi connectivity index (χ2n) is 5.46. The fourth-order valence-electron chi connectivity index (χ4n) is 2.73. The molecule has 0 aromatic carbocycles. The van der Waals surface area contributed by atoms with Crippen molar-refractivity contribution < 1.29 is 19.1 Å². The van der Waals surface area contributed by atoms with E-state index in [2.05, 4.69) is 5.32 Å². The van der Waals surface area contributed by atoms with Crippen LogP contribution in [-0.2, 0) is 19.1 Å². The summed E-state index contributed by atoms with van der Waals surface area (Å²) in [7, 11) is 0. The minimum atomic E-state index is -0.374. The van der Waals surface area contributed by atoms with Gasteiger partial charge in [0.15, 0.2) is 0 Å². The van der Waals surface area contributed by atoms with Gasteiger partial charge >= 0.3 is 5.97 Å². The smallest absolute Gasteiger partial charge is 0.324 e. The summed E-state index contributed by atoms with van der Waals surface area (Å²) < 4.78 is 10.5. The Balaban J connectivity index is 1.92. The molecule has 2 aliphatic rings. The number of nitrogens with zero attached hydrogens (tertiary/aromatic N) is 2. The van der Waals surface area contributed by atoms with Gasteiger partial charge in [0.05, 0.1) is 25.9 Å². The SMILES string of the molecule is CCOC(=O)C1CNCCN1CC(=O)N1CCOC(C)C1. The standard InChI is InChI=1S/C14H25N3O4/c1-3-20-14(19)12-8-15-4-5-16(12)10-13(18)17-6-7-21-11(2)9-17/h11-12,15H,3-10H2,1-2H3. The molecule has 1 N–H and O–H groups in total. The van der Waals surface area contributed by atoms with Crippen LogP contribution < -0.4 is 5.32 Å². The molecule has 0 aromatic rings. The second kappa shape index (κ2) is 7.72. The highest BCUT2D eigenvalue weighted by molar-refractivity contribution is 5.81. The first-order chi connectivity index (χ1) is 10.1. The lowest BCUT2D eigenvalue weighted by atomic mass is 10.2. The number of carbonyl (C=O) groups excluding carboxylic acids is 2. The molecule has 2 unspecified atom stereocenters. The molecule has 2 atom stereocenters. The number of rotatable bonds is 4. The van der Waals surface area contributed by atoms with Crippen LogP contribution in [0.15, 0.2) is 0 Å². The van der Waals surface area contributed by atoms with E-state index < -0.39 is 0 Å². The molecular weight excluding hydrogens is 274 g/mol. The molecule has 0 bridgehead atoms. The summed E-state index contributed by atoms with van der Waals surface area (Å²) in [5, 5.41) is 3.18. The van der Waals surface area contributed by atoms with Gasteiger partial charge in [0.2, 0.25) is 5.91 Å². The Kier molecular flexibility index (Phi) is 5.96. The van der Waals surface area contributed by atoms with Crippen molar-refractivity contribution in [2.75, 3.05) is 52.5 Å². The van der Waals surface area contributed by atoms with Crippen molar-refractivity contribution in [1.82, 2.24) is 15.1 Å². The molecule has 0 spiro atoms. The van der Waals surface area contributed by atoms with Crippen LogP contribution >= 0.6 is 0 Å². The van der Waals surface area contributed by atoms with E-state index in [1.54, 1.807) is 6.92 Å². The minimum Gasteiger partial charge on any atom is -0.465 e. The van der Waals surface area contributed by atoms with Crippen molar-refractivity contribution in [3.63, 3.8) is 0 Å². The summed E-state index contributed by atoms with van der Waals surface area (Å²) in [6, 6.07) is -0.374. The minimum absolute atomic E-state index is 0.0568. The van der Waals surface area contributed by atoms with Crippen molar-refractivity contribution in [1.29, 1.82) is 0 Å². The van der Waals surface area contributed by atoms with Gasteiger partial charge in [-0.3, -0.25) is 14.5 Å². The van der Waals surface area contributed by atoms with Crippen molar-refractivity contribution in [3.05, 3.63) is 0 Å². The van der Waals surface area contributed by atoms with Crippen LogP contribution in [0.3, 0.4) is 0 Å². The lowest BCUT2D eigenvalue weighted by Crippen LogP contribution is -2.58. The van der Waals surface area contributed by atoms with E-state index >= 15 is 0 Å². The Morgan fingerprint density at radius 3 is 2.90 bits per heavy atom. The summed E-state index contributed by atoms with van der Waals surface area (Å²) in [6.07, 6.45) is 0.0755. The molecule has 2 fully saturated rings. The van der Waals surface area contributed by atoms with E-state index in [4.69, 9.17) is 9.47 Å². The maximum Gasteiger partial charge on any atom is 0.324 e. The van der Waals surface area contributed by atoms with Gasteiger partial charge < -0.3 is 19.7 Å². The first-order valence-electron chi connectivity index (χ1n) is 7.62. The van der Waals surface area contributed by atoms with Crippen LogP contribution in [0.4, 0.5) is 0 Å². The third kappa shape index (κ3) is 4.39. The molecule has 7 nitrogen and oxygen atoms in total. The normalized spacial score (nSPS) is 27.4. The number of carbonyl (C=O) groups is 2. The van der Waals surface area contributed by atoms with Crippen molar-refractivity contribution in [3.8, 4) is 0 Å². The van der Waals surface area contributed by atoms with Crippen LogP contribution in [0.5, 0.6) is 0 Å². The predicted molar refractivity (Wildman–Crippen MR) is 76.9 cm³/mol. The van der Waals surface area contributed by atoms with Crippen LogP contribution in [0, 0.1) is 0 Å². The Morgan fingerprint density at radius 2 is 2.19 bits per heavy atom. The first-order valence-corrected chi connectivity index (χ1v) is 7.62. The molecule has 21 heavy (non-hydrogen) atoms. The Hall–Kier alpha value is -1.18. The molecule has 2 heterocycles. The van der Waals surface area contributed by atoms with E-state index in [1.807, 2.05) is 16.7 Å². The molecule has 0 aliphatic carbocycles. The van der Waals surface area contributed by atoms with Gasteiger partial charge in [0.25, 0.3) is 0 Å². The van der Waals surface area contributed by atoms with E-state index in [0.717, 1.165) is 6.54 Å². The quantitative estimate of drug-likeness (QED) is 0.676. The summed E-state index contributed by atoms with van der Waals surface area (Å²) in [5.74, 6) is -0.200. The number of hydrogen-bond acceptors (Lipinski definition) is 6. The molecule has 120 valence electrons. The molecule has 0 saturated carbocycles. The maximum absolute atomic E-state index is 12.4. The molecule has 2 aliphatic heterocycles. The van der Waals surface area contributed by atoms with Gasteiger partial charge in [-0.2, -0.15) is 0 Å². The van der Waals surface area contributed by atoms with Gasteiger partial charge in [0, 0.05) is 32.7 Å². The van der Waals surface area contributed by atoms with E-state index in [1.165, 1.54) is 0 Å². The molecular formula is C14H25N3O4. The number of ether oxygens (including phenoxy) is 2. The average Bonchev–Trinajstić information content (AvgIpc) is 2.48. The summed E-state index contributed by atoms with van der Waals surface area (Å²) in [6.45, 7) is 8.19. The Morgan fingerprint density at radius 1 is 1.38 bits per heavy atom. The molecule has 2 rings (SSSR count). The zero-order valence-electron chi connectivity index (χ0n) is 12.8. The fraction of sp³-hybridized carbons (Fsp3) is 0.857. The van der Waals surface area contributed by atoms with Crippen LogP contribution in [-0.4, -0.2) is 86.3 Å². The molecule has 7 heteroatoms. The zero-order valence-corrected chi connectivity index (χ0v) is 12.8. The predicted octanol–water partition coefficient (Wildman–Crippen LogP) is -0.929. The zero-order chi connectivity index (χ0) is 15.2. The van der Waals surface area contributed by atoms with E-state index in [-0.39, 0.29) is 30.6 Å². The lowest BCUT2D eigenvalue weighted by molar-refractivity contribution is -0.152. The van der Waals surface area contributed by atoms with Crippen molar-refractivity contribution in [2.45, 2.75) is 26.0 Å². The van der Waals surface area contributed by atoms with E-state index in [9.17, 15) is 9.59 Å². The van der Waals surface area contributed by atoms with Crippen molar-refractivity contribution in [2.24, 2.45) is 0 Å². The van der Waals surface area contributed by atoms with E-state index in [0.29, 0.717) is 39.4 Å². The number of piperazine rings is 1. The number of amides is 1. The van der Waals surface area contributed by atoms with Crippen molar-refractivity contribution >= 4 is 11.9 Å². The lowest BCUT2D eigenvalue weighted by Gasteiger charge is -2.37. The number of nitrogens with one attached hydrogen (secondary N) is 1. The average molecular weight is 299 g/mol. The third-order valence-corrected chi connectivity index (χ3v) is 3.85. The van der Waals surface area contributed by atoms with Crippen LogP contribution in [0.1, 0.15) is 13.8 Å². The number of hydrogen-bond donors (Lipinski definition) is 1. The first kappa shape index (κ1) is 16.2. The fourth-order valence-corrected chi connectivity index (χ4v) is 2.73. The molecule has 2 saturated heterocycles. The van der Waals surface area contributed by atoms with Crippen LogP contribution in [0.2, 0.25) is 0 Å². The van der Waals surface area contributed by atoms with Gasteiger partial charge in [-0.05, 0) is 13.8 Å². The number of esters is 1. The highest BCUT2D eigenvalue weighted by Crippen LogP contribution is 2.09. The third-order valence-electron chi connectivity index (χ3n) is 3.85. The summed E-state index contributed by atoms with van der Waals surface area (Å²) in [4.78, 5) is 28.1. The van der Waals surface area contributed by atoms with Crippen LogP contribution in [0.25, 0.3) is 0 Å². The topological polar surface area (TPSA) is 71.1 Å². The Bertz CT molecular complexity index is 377. The Labute approximate surface area is 125 Å². The highest BCUT2D eigenvalue weighted by Gasteiger charge is 2.32. The molecule has 0 radical (unpaired) electrons. The number of morpholine rings is 1. The monoisotopic (exact) mass is 299 g/mol. The largest absolute Gasteiger partial charge is 0.465 e. The summed E-state index contributed by atoms with van der Waals surface area (Å²) in [5.41, 5.74) is 0. The highest BCUT2D eigenvalue weighted by atomic mass is 16.5. The molecule has 0 aromatic heterocycles. The van der Waals surface area contributed by atoms with Gasteiger partial charge in [0.1, 0.15) is 6.04 Å². The van der Waals surface area contributed by atoms with Gasteiger partial charge in [-0.25, -0.2) is 0 Å². The molecule has 1 amide bonds. The maximum atomic E-state index is 12.4.